The van der Waals surface area contributed by atoms with Gasteiger partial charge in [0.15, 0.2) is 0 Å². The van der Waals surface area contributed by atoms with E-state index in [4.69, 9.17) is 4.74 Å². The smallest absolute Gasteiger partial charge is 0.240 e. The molecule has 1 saturated heterocycles. The standard InChI is InChI=1S/C25H35N3O4S/c1-19-11-12-21(17-20(19)2)33(30,31)27-14-13-25(29)26-18-23(28-15-7-4-8-16-28)22-9-5-6-10-24(22)32-3/h5-6,9-12,17,23,27H,4,7-8,13-16,18H2,1-3H3,(H,26,29). The molecule has 0 aromatic heterocycles. The number of carbonyl (C=O) groups excluding carboxylic acids is 1. The molecule has 7 nitrogen and oxygen atoms in total. The van der Waals surface area contributed by atoms with Crippen LogP contribution < -0.4 is 14.8 Å². The fraction of sp³-hybridized carbons (Fsp3) is 0.480. The Balaban J connectivity index is 1.58. The predicted octanol–water partition coefficient (Wildman–Crippen LogP) is 3.32. The minimum Gasteiger partial charge on any atom is -0.496 e. The van der Waals surface area contributed by atoms with Gasteiger partial charge in [0.2, 0.25) is 15.9 Å². The molecule has 180 valence electrons. The lowest BCUT2D eigenvalue weighted by Gasteiger charge is -2.35. The molecule has 1 aliphatic heterocycles. The fourth-order valence-electron chi connectivity index (χ4n) is 4.17. The Hall–Kier alpha value is -2.42. The first-order chi connectivity index (χ1) is 15.8. The van der Waals surface area contributed by atoms with E-state index < -0.39 is 10.0 Å². The van der Waals surface area contributed by atoms with Crippen LogP contribution in [0.15, 0.2) is 47.4 Å². The van der Waals surface area contributed by atoms with Gasteiger partial charge in [-0.15, -0.1) is 0 Å². The second-order valence-electron chi connectivity index (χ2n) is 8.55. The first-order valence-corrected chi connectivity index (χ1v) is 13.0. The first-order valence-electron chi connectivity index (χ1n) is 11.5. The molecule has 1 amide bonds. The molecule has 0 bridgehead atoms. The monoisotopic (exact) mass is 473 g/mol. The normalized spacial score (nSPS) is 15.7. The van der Waals surface area contributed by atoms with Crippen LogP contribution in [0.3, 0.4) is 0 Å². The zero-order valence-electron chi connectivity index (χ0n) is 19.8. The van der Waals surface area contributed by atoms with E-state index >= 15 is 0 Å². The van der Waals surface area contributed by atoms with Crippen LogP contribution in [0.5, 0.6) is 5.75 Å². The molecule has 3 rings (SSSR count). The van der Waals surface area contributed by atoms with E-state index in [2.05, 4.69) is 14.9 Å². The van der Waals surface area contributed by atoms with Gasteiger partial charge in [0.25, 0.3) is 0 Å². The number of benzene rings is 2. The number of para-hydroxylation sites is 1. The summed E-state index contributed by atoms with van der Waals surface area (Å²) in [4.78, 5) is 15.1. The summed E-state index contributed by atoms with van der Waals surface area (Å²) in [5, 5.41) is 3.00. The van der Waals surface area contributed by atoms with Crippen LogP contribution in [0.2, 0.25) is 0 Å². The Morgan fingerprint density at radius 2 is 1.79 bits per heavy atom. The summed E-state index contributed by atoms with van der Waals surface area (Å²) in [5.41, 5.74) is 3.00. The Kier molecular flexibility index (Phi) is 8.88. The van der Waals surface area contributed by atoms with Crippen molar-refractivity contribution in [1.29, 1.82) is 0 Å². The number of amides is 1. The van der Waals surface area contributed by atoms with Crippen LogP contribution in [0.4, 0.5) is 0 Å². The topological polar surface area (TPSA) is 87.7 Å². The lowest BCUT2D eigenvalue weighted by atomic mass is 10.0. The maximum atomic E-state index is 12.5. The van der Waals surface area contributed by atoms with E-state index in [1.54, 1.807) is 25.3 Å². The predicted molar refractivity (Wildman–Crippen MR) is 130 cm³/mol. The highest BCUT2D eigenvalue weighted by molar-refractivity contribution is 7.89. The summed E-state index contributed by atoms with van der Waals surface area (Å²) in [6.07, 6.45) is 3.57. The number of ether oxygens (including phenoxy) is 1. The summed E-state index contributed by atoms with van der Waals surface area (Å²) in [6.45, 7) is 6.27. The number of nitrogens with one attached hydrogen (secondary N) is 2. The zero-order valence-corrected chi connectivity index (χ0v) is 20.6. The molecular formula is C25H35N3O4S. The number of aryl methyl sites for hydroxylation is 2. The lowest BCUT2D eigenvalue weighted by Crippen LogP contribution is -2.41. The van der Waals surface area contributed by atoms with Gasteiger partial charge in [-0.3, -0.25) is 9.69 Å². The zero-order chi connectivity index (χ0) is 23.8. The van der Waals surface area contributed by atoms with E-state index in [1.165, 1.54) is 6.42 Å². The van der Waals surface area contributed by atoms with Crippen molar-refractivity contribution in [3.63, 3.8) is 0 Å². The van der Waals surface area contributed by atoms with Crippen molar-refractivity contribution in [3.05, 3.63) is 59.2 Å². The number of hydrogen-bond donors (Lipinski definition) is 2. The van der Waals surface area contributed by atoms with Gasteiger partial charge >= 0.3 is 0 Å². The Bertz CT molecular complexity index is 1050. The van der Waals surface area contributed by atoms with Crippen molar-refractivity contribution in [2.45, 2.75) is 50.5 Å². The summed E-state index contributed by atoms with van der Waals surface area (Å²) in [6, 6.07) is 12.9. The van der Waals surface area contributed by atoms with Gasteiger partial charge in [-0.05, 0) is 69.1 Å². The van der Waals surface area contributed by atoms with Crippen molar-refractivity contribution < 1.29 is 17.9 Å². The molecule has 2 aromatic rings. The molecule has 1 aliphatic rings. The maximum Gasteiger partial charge on any atom is 0.240 e. The average molecular weight is 474 g/mol. The summed E-state index contributed by atoms with van der Waals surface area (Å²) >= 11 is 0. The molecule has 1 fully saturated rings. The molecule has 1 atom stereocenters. The van der Waals surface area contributed by atoms with Crippen molar-refractivity contribution in [2.24, 2.45) is 0 Å². The molecular weight excluding hydrogens is 438 g/mol. The van der Waals surface area contributed by atoms with Crippen LogP contribution in [0, 0.1) is 13.8 Å². The number of methoxy groups -OCH3 is 1. The number of hydrogen-bond acceptors (Lipinski definition) is 5. The summed E-state index contributed by atoms with van der Waals surface area (Å²) in [5.74, 6) is 0.623. The molecule has 2 aromatic carbocycles. The molecule has 1 heterocycles. The van der Waals surface area contributed by atoms with Crippen molar-refractivity contribution in [3.8, 4) is 5.75 Å². The third-order valence-electron chi connectivity index (χ3n) is 6.25. The molecule has 33 heavy (non-hydrogen) atoms. The van der Waals surface area contributed by atoms with E-state index in [1.807, 2.05) is 38.1 Å². The number of carbonyl (C=O) groups is 1. The van der Waals surface area contributed by atoms with Crippen LogP contribution in [0.1, 0.15) is 48.4 Å². The van der Waals surface area contributed by atoms with Gasteiger partial charge < -0.3 is 10.1 Å². The molecule has 1 unspecified atom stereocenters. The lowest BCUT2D eigenvalue weighted by molar-refractivity contribution is -0.121. The van der Waals surface area contributed by atoms with Crippen LogP contribution in [0.25, 0.3) is 0 Å². The van der Waals surface area contributed by atoms with Gasteiger partial charge in [-0.2, -0.15) is 0 Å². The minimum atomic E-state index is -3.65. The van der Waals surface area contributed by atoms with Crippen molar-refractivity contribution in [1.82, 2.24) is 14.9 Å². The van der Waals surface area contributed by atoms with E-state index in [-0.39, 0.29) is 29.8 Å². The third-order valence-corrected chi connectivity index (χ3v) is 7.71. The first kappa shape index (κ1) is 25.2. The van der Waals surface area contributed by atoms with Gasteiger partial charge in [0.05, 0.1) is 18.0 Å². The Morgan fingerprint density at radius 1 is 1.06 bits per heavy atom. The van der Waals surface area contributed by atoms with Crippen LogP contribution in [-0.4, -0.2) is 52.5 Å². The second-order valence-corrected chi connectivity index (χ2v) is 10.3. The number of sulfonamides is 1. The van der Waals surface area contributed by atoms with Gasteiger partial charge in [0.1, 0.15) is 5.75 Å². The molecule has 8 heteroatoms. The van der Waals surface area contributed by atoms with E-state index in [0.717, 1.165) is 48.4 Å². The summed E-state index contributed by atoms with van der Waals surface area (Å²) in [7, 11) is -1.99. The highest BCUT2D eigenvalue weighted by Gasteiger charge is 2.25. The molecule has 0 radical (unpaired) electrons. The van der Waals surface area contributed by atoms with Crippen LogP contribution in [-0.2, 0) is 14.8 Å². The quantitative estimate of drug-likeness (QED) is 0.553. The average Bonchev–Trinajstić information content (AvgIpc) is 2.81. The fourth-order valence-corrected chi connectivity index (χ4v) is 5.29. The maximum absolute atomic E-state index is 12.5. The van der Waals surface area contributed by atoms with E-state index in [9.17, 15) is 13.2 Å². The van der Waals surface area contributed by atoms with Gasteiger partial charge in [0, 0.05) is 25.1 Å². The highest BCUT2D eigenvalue weighted by Crippen LogP contribution is 2.30. The highest BCUT2D eigenvalue weighted by atomic mass is 32.2. The van der Waals surface area contributed by atoms with E-state index in [0.29, 0.717) is 6.54 Å². The molecule has 0 saturated carbocycles. The summed E-state index contributed by atoms with van der Waals surface area (Å²) < 4.78 is 33.2. The second kappa shape index (κ2) is 11.6. The van der Waals surface area contributed by atoms with Gasteiger partial charge in [-0.25, -0.2) is 13.1 Å². The van der Waals surface area contributed by atoms with Crippen molar-refractivity contribution >= 4 is 15.9 Å². The molecule has 2 N–H and O–H groups in total. The number of rotatable bonds is 10. The van der Waals surface area contributed by atoms with Gasteiger partial charge in [-0.1, -0.05) is 30.7 Å². The SMILES string of the molecule is COc1ccccc1C(CNC(=O)CCNS(=O)(=O)c1ccc(C)c(C)c1)N1CCCCC1. The largest absolute Gasteiger partial charge is 0.496 e. The Morgan fingerprint density at radius 3 is 2.48 bits per heavy atom. The minimum absolute atomic E-state index is 0.0117. The molecule has 0 aliphatic carbocycles. The molecule has 0 spiro atoms. The number of nitrogens with zero attached hydrogens (tertiary/aromatic N) is 1. The van der Waals surface area contributed by atoms with Crippen LogP contribution >= 0.6 is 0 Å². The Labute approximate surface area is 197 Å². The number of piperidine rings is 1. The third kappa shape index (κ3) is 6.79. The van der Waals surface area contributed by atoms with Crippen molar-refractivity contribution in [2.75, 3.05) is 33.3 Å². The number of likely N-dealkylation sites (tertiary alicyclic amines) is 1.